The summed E-state index contributed by atoms with van der Waals surface area (Å²) in [5, 5.41) is 3.78. The number of hydrogen-bond donors (Lipinski definition) is 1. The van der Waals surface area contributed by atoms with Gasteiger partial charge in [-0.3, -0.25) is 4.90 Å². The van der Waals surface area contributed by atoms with E-state index in [0.29, 0.717) is 5.41 Å². The maximum absolute atomic E-state index is 3.78. The molecule has 1 saturated heterocycles. The summed E-state index contributed by atoms with van der Waals surface area (Å²) < 4.78 is 0. The molecule has 0 bridgehead atoms. The van der Waals surface area contributed by atoms with Crippen LogP contribution in [0.3, 0.4) is 0 Å². The first-order valence-electron chi connectivity index (χ1n) is 8.60. The Hall–Kier alpha value is -0.0800. The van der Waals surface area contributed by atoms with E-state index in [2.05, 4.69) is 31.0 Å². The minimum Gasteiger partial charge on any atom is -0.313 e. The van der Waals surface area contributed by atoms with Crippen LogP contribution in [0.4, 0.5) is 0 Å². The molecule has 0 aromatic heterocycles. The summed E-state index contributed by atoms with van der Waals surface area (Å²) in [4.78, 5) is 2.81. The lowest BCUT2D eigenvalue weighted by Gasteiger charge is -2.44. The third-order valence-corrected chi connectivity index (χ3v) is 5.32. The predicted octanol–water partition coefficient (Wildman–Crippen LogP) is 3.81. The number of hydrogen-bond acceptors (Lipinski definition) is 2. The molecular formula is C17H34N2. The van der Waals surface area contributed by atoms with Gasteiger partial charge in [-0.1, -0.05) is 46.5 Å². The van der Waals surface area contributed by atoms with E-state index >= 15 is 0 Å². The first-order valence-corrected chi connectivity index (χ1v) is 8.60. The molecule has 1 N–H and O–H groups in total. The molecule has 0 aromatic carbocycles. The van der Waals surface area contributed by atoms with Gasteiger partial charge in [0.25, 0.3) is 0 Å². The van der Waals surface area contributed by atoms with E-state index in [1.165, 1.54) is 64.5 Å². The Morgan fingerprint density at radius 2 is 1.63 bits per heavy atom. The van der Waals surface area contributed by atoms with E-state index in [9.17, 15) is 0 Å². The van der Waals surface area contributed by atoms with Crippen LogP contribution in [0.15, 0.2) is 0 Å². The Bertz CT molecular complexity index is 252. The van der Waals surface area contributed by atoms with Crippen molar-refractivity contribution in [2.24, 2.45) is 5.41 Å². The van der Waals surface area contributed by atoms with Gasteiger partial charge in [0.15, 0.2) is 0 Å². The highest BCUT2D eigenvalue weighted by atomic mass is 15.2. The quantitative estimate of drug-likeness (QED) is 0.835. The van der Waals surface area contributed by atoms with Gasteiger partial charge in [-0.2, -0.15) is 0 Å². The summed E-state index contributed by atoms with van der Waals surface area (Å²) in [6, 6.07) is 1.54. The van der Waals surface area contributed by atoms with Gasteiger partial charge in [0, 0.05) is 12.1 Å². The van der Waals surface area contributed by atoms with Crippen molar-refractivity contribution in [3.63, 3.8) is 0 Å². The van der Waals surface area contributed by atoms with Crippen LogP contribution < -0.4 is 5.32 Å². The van der Waals surface area contributed by atoms with E-state index in [1.807, 2.05) is 0 Å². The van der Waals surface area contributed by atoms with Gasteiger partial charge in [-0.05, 0) is 50.7 Å². The van der Waals surface area contributed by atoms with Crippen LogP contribution in [0.1, 0.15) is 72.1 Å². The molecule has 0 radical (unpaired) electrons. The topological polar surface area (TPSA) is 15.3 Å². The summed E-state index contributed by atoms with van der Waals surface area (Å²) in [6.07, 6.45) is 11.3. The molecule has 0 amide bonds. The highest BCUT2D eigenvalue weighted by Crippen LogP contribution is 2.33. The monoisotopic (exact) mass is 266 g/mol. The Labute approximate surface area is 120 Å². The molecule has 0 spiro atoms. The van der Waals surface area contributed by atoms with Crippen LogP contribution in [-0.4, -0.2) is 36.6 Å². The molecule has 2 nitrogen and oxygen atoms in total. The van der Waals surface area contributed by atoms with Crippen molar-refractivity contribution in [1.82, 2.24) is 10.2 Å². The predicted molar refractivity (Wildman–Crippen MR) is 83.5 cm³/mol. The minimum atomic E-state index is 0.575. The summed E-state index contributed by atoms with van der Waals surface area (Å²) in [6.45, 7) is 10.9. The highest BCUT2D eigenvalue weighted by molar-refractivity contribution is 4.89. The summed E-state index contributed by atoms with van der Waals surface area (Å²) in [7, 11) is 0. The van der Waals surface area contributed by atoms with Gasteiger partial charge in [0.1, 0.15) is 0 Å². The third-order valence-electron chi connectivity index (χ3n) is 5.32. The van der Waals surface area contributed by atoms with Crippen molar-refractivity contribution in [3.8, 4) is 0 Å². The molecule has 19 heavy (non-hydrogen) atoms. The molecule has 1 aliphatic heterocycles. The summed E-state index contributed by atoms with van der Waals surface area (Å²) in [5.74, 6) is 0. The Morgan fingerprint density at radius 1 is 1.00 bits per heavy atom. The van der Waals surface area contributed by atoms with Gasteiger partial charge >= 0.3 is 0 Å². The average Bonchev–Trinajstić information content (AvgIpc) is 2.34. The van der Waals surface area contributed by atoms with E-state index in [-0.39, 0.29) is 0 Å². The SMILES string of the molecule is CCNC1CCCCCCC1N1CCC(C)(C)CC1. The van der Waals surface area contributed by atoms with Crippen LogP contribution in [0.5, 0.6) is 0 Å². The second-order valence-corrected chi connectivity index (χ2v) is 7.42. The summed E-state index contributed by atoms with van der Waals surface area (Å²) in [5.41, 5.74) is 0.575. The molecule has 2 heteroatoms. The van der Waals surface area contributed by atoms with Crippen LogP contribution >= 0.6 is 0 Å². The first-order chi connectivity index (χ1) is 9.12. The molecule has 0 aromatic rings. The second kappa shape index (κ2) is 7.08. The average molecular weight is 266 g/mol. The fraction of sp³-hybridized carbons (Fsp3) is 1.00. The van der Waals surface area contributed by atoms with E-state index in [1.54, 1.807) is 0 Å². The van der Waals surface area contributed by atoms with Crippen molar-refractivity contribution < 1.29 is 0 Å². The lowest BCUT2D eigenvalue weighted by atomic mass is 9.81. The molecule has 2 rings (SSSR count). The Morgan fingerprint density at radius 3 is 2.26 bits per heavy atom. The molecule has 1 heterocycles. The summed E-state index contributed by atoms with van der Waals surface area (Å²) >= 11 is 0. The number of nitrogens with one attached hydrogen (secondary N) is 1. The molecule has 1 saturated carbocycles. The maximum Gasteiger partial charge on any atom is 0.0249 e. The van der Waals surface area contributed by atoms with Crippen molar-refractivity contribution >= 4 is 0 Å². The largest absolute Gasteiger partial charge is 0.313 e. The molecule has 2 aliphatic rings. The van der Waals surface area contributed by atoms with Crippen molar-refractivity contribution in [3.05, 3.63) is 0 Å². The van der Waals surface area contributed by atoms with Gasteiger partial charge in [-0.15, -0.1) is 0 Å². The molecule has 112 valence electrons. The van der Waals surface area contributed by atoms with Crippen molar-refractivity contribution in [1.29, 1.82) is 0 Å². The lowest BCUT2D eigenvalue weighted by molar-refractivity contribution is 0.0651. The fourth-order valence-electron chi connectivity index (χ4n) is 3.86. The molecule has 2 atom stereocenters. The number of rotatable bonds is 3. The van der Waals surface area contributed by atoms with Gasteiger partial charge in [-0.25, -0.2) is 0 Å². The number of piperidine rings is 1. The van der Waals surface area contributed by atoms with E-state index in [0.717, 1.165) is 18.6 Å². The van der Waals surface area contributed by atoms with Crippen LogP contribution in [-0.2, 0) is 0 Å². The zero-order valence-electron chi connectivity index (χ0n) is 13.4. The Balaban J connectivity index is 1.96. The number of likely N-dealkylation sites (tertiary alicyclic amines) is 1. The minimum absolute atomic E-state index is 0.575. The smallest absolute Gasteiger partial charge is 0.0249 e. The molecule has 2 unspecified atom stereocenters. The van der Waals surface area contributed by atoms with Gasteiger partial charge < -0.3 is 5.32 Å². The zero-order valence-corrected chi connectivity index (χ0v) is 13.4. The molecule has 1 aliphatic carbocycles. The highest BCUT2D eigenvalue weighted by Gasteiger charge is 2.32. The van der Waals surface area contributed by atoms with Crippen molar-refractivity contribution in [2.45, 2.75) is 84.2 Å². The van der Waals surface area contributed by atoms with Gasteiger partial charge in [0.05, 0.1) is 0 Å². The normalized spacial score (nSPS) is 33.6. The first kappa shape index (κ1) is 15.3. The van der Waals surface area contributed by atoms with Crippen molar-refractivity contribution in [2.75, 3.05) is 19.6 Å². The molecule has 2 fully saturated rings. The van der Waals surface area contributed by atoms with Crippen LogP contribution in [0, 0.1) is 5.41 Å². The standard InChI is InChI=1S/C17H34N2/c1-4-18-15-9-7-5-6-8-10-16(15)19-13-11-17(2,3)12-14-19/h15-16,18H,4-14H2,1-3H3. The number of nitrogens with zero attached hydrogens (tertiary/aromatic N) is 1. The lowest BCUT2D eigenvalue weighted by Crippen LogP contribution is -2.53. The van der Waals surface area contributed by atoms with E-state index < -0.39 is 0 Å². The number of likely N-dealkylation sites (N-methyl/N-ethyl adjacent to an activating group) is 1. The zero-order chi connectivity index (χ0) is 13.7. The maximum atomic E-state index is 3.78. The Kier molecular flexibility index (Phi) is 5.70. The second-order valence-electron chi connectivity index (χ2n) is 7.42. The molecular weight excluding hydrogens is 232 g/mol. The van der Waals surface area contributed by atoms with E-state index in [4.69, 9.17) is 0 Å². The third kappa shape index (κ3) is 4.46. The van der Waals surface area contributed by atoms with Gasteiger partial charge in [0.2, 0.25) is 0 Å². The fourth-order valence-corrected chi connectivity index (χ4v) is 3.86. The van der Waals surface area contributed by atoms with Crippen LogP contribution in [0.2, 0.25) is 0 Å². The van der Waals surface area contributed by atoms with Crippen LogP contribution in [0.25, 0.3) is 0 Å².